The lowest BCUT2D eigenvalue weighted by atomic mass is 10.1. The molecule has 0 saturated carbocycles. The van der Waals surface area contributed by atoms with Crippen molar-refractivity contribution < 1.29 is 28.5 Å². The molecule has 33 heavy (non-hydrogen) atoms. The first kappa shape index (κ1) is 22.4. The average molecular weight is 474 g/mol. The molecule has 0 saturated heterocycles. The fourth-order valence-corrected chi connectivity index (χ4v) is 3.89. The summed E-state index contributed by atoms with van der Waals surface area (Å²) in [4.78, 5) is 12.4. The van der Waals surface area contributed by atoms with Gasteiger partial charge < -0.3 is 34.8 Å². The molecule has 3 aromatic rings. The number of anilines is 1. The predicted molar refractivity (Wildman–Crippen MR) is 122 cm³/mol. The highest BCUT2D eigenvalue weighted by Crippen LogP contribution is 2.41. The minimum Gasteiger partial charge on any atom is -0.493 e. The molecule has 1 aliphatic rings. The minimum atomic E-state index is -0.228. The summed E-state index contributed by atoms with van der Waals surface area (Å²) < 4.78 is 28.4. The zero-order chi connectivity index (χ0) is 23.4. The fourth-order valence-electron chi connectivity index (χ4n) is 3.23. The van der Waals surface area contributed by atoms with Crippen LogP contribution in [-0.4, -0.2) is 61.1 Å². The maximum absolute atomic E-state index is 12.4. The lowest BCUT2D eigenvalue weighted by molar-refractivity contribution is -0.113. The van der Waals surface area contributed by atoms with Crippen molar-refractivity contribution >= 4 is 23.4 Å². The third-order valence-corrected chi connectivity index (χ3v) is 5.69. The van der Waals surface area contributed by atoms with E-state index in [4.69, 9.17) is 29.5 Å². The largest absolute Gasteiger partial charge is 0.493 e. The second-order valence-electron chi connectivity index (χ2n) is 6.79. The van der Waals surface area contributed by atoms with E-state index in [1.54, 1.807) is 30.3 Å². The van der Waals surface area contributed by atoms with Crippen LogP contribution in [0.15, 0.2) is 35.5 Å². The highest BCUT2D eigenvalue weighted by atomic mass is 32.2. The number of ether oxygens (including phenoxy) is 5. The topological polar surface area (TPSA) is 132 Å². The summed E-state index contributed by atoms with van der Waals surface area (Å²) in [6, 6.07) is 8.68. The Morgan fingerprint density at radius 2 is 1.76 bits per heavy atom. The first-order valence-corrected chi connectivity index (χ1v) is 10.9. The minimum absolute atomic E-state index is 0.0824. The number of hydrogen-bond acceptors (Lipinski definition) is 10. The van der Waals surface area contributed by atoms with Gasteiger partial charge in [-0.25, -0.2) is 4.68 Å². The van der Waals surface area contributed by atoms with Crippen LogP contribution in [0.25, 0.3) is 11.4 Å². The van der Waals surface area contributed by atoms with Gasteiger partial charge in [-0.2, -0.15) is 0 Å². The van der Waals surface area contributed by atoms with Gasteiger partial charge in [0.2, 0.25) is 16.8 Å². The van der Waals surface area contributed by atoms with Gasteiger partial charge in [0.25, 0.3) is 0 Å². The Balaban J connectivity index is 1.45. The van der Waals surface area contributed by atoms with Crippen molar-refractivity contribution in [3.63, 3.8) is 0 Å². The van der Waals surface area contributed by atoms with Crippen molar-refractivity contribution in [3.05, 3.63) is 30.3 Å². The van der Waals surface area contributed by atoms with E-state index in [0.29, 0.717) is 64.2 Å². The maximum Gasteiger partial charge on any atom is 0.234 e. The second-order valence-corrected chi connectivity index (χ2v) is 7.73. The molecule has 2 aromatic carbocycles. The molecule has 0 atom stereocenters. The molecule has 3 N–H and O–H groups in total. The van der Waals surface area contributed by atoms with E-state index < -0.39 is 0 Å². The number of benzene rings is 2. The zero-order valence-corrected chi connectivity index (χ0v) is 19.1. The highest BCUT2D eigenvalue weighted by molar-refractivity contribution is 7.99. The van der Waals surface area contributed by atoms with Crippen LogP contribution in [0.5, 0.6) is 28.7 Å². The third kappa shape index (κ3) is 4.70. The smallest absolute Gasteiger partial charge is 0.234 e. The van der Waals surface area contributed by atoms with Crippen LogP contribution >= 0.6 is 11.8 Å². The lowest BCUT2D eigenvalue weighted by Gasteiger charge is -2.18. The van der Waals surface area contributed by atoms with E-state index >= 15 is 0 Å². The van der Waals surface area contributed by atoms with Gasteiger partial charge in [-0.05, 0) is 24.3 Å². The Bertz CT molecular complexity index is 1140. The number of carbonyl (C=O) groups is 1. The summed E-state index contributed by atoms with van der Waals surface area (Å²) in [5.41, 5.74) is 1.23. The lowest BCUT2D eigenvalue weighted by Crippen LogP contribution is -2.18. The maximum atomic E-state index is 12.4. The van der Waals surface area contributed by atoms with Gasteiger partial charge in [0, 0.05) is 17.3 Å². The Kier molecular flexibility index (Phi) is 6.63. The van der Waals surface area contributed by atoms with E-state index in [1.165, 1.54) is 26.0 Å². The molecule has 0 radical (unpaired) electrons. The van der Waals surface area contributed by atoms with Crippen molar-refractivity contribution in [2.24, 2.45) is 0 Å². The number of nitrogens with two attached hydrogens (primary N) is 1. The predicted octanol–water partition coefficient (Wildman–Crippen LogP) is 2.19. The number of fused-ring (bicyclic) bond motifs is 1. The molecule has 11 nitrogen and oxygen atoms in total. The number of nitrogens with one attached hydrogen (secondary N) is 1. The molecule has 0 fully saturated rings. The zero-order valence-electron chi connectivity index (χ0n) is 18.3. The Labute approximate surface area is 194 Å². The number of nitrogen functional groups attached to an aromatic ring is 1. The summed E-state index contributed by atoms with van der Waals surface area (Å²) in [6.45, 7) is 0.980. The van der Waals surface area contributed by atoms with Gasteiger partial charge in [0.05, 0.1) is 27.1 Å². The van der Waals surface area contributed by atoms with Crippen molar-refractivity contribution in [1.29, 1.82) is 0 Å². The van der Waals surface area contributed by atoms with Gasteiger partial charge in [-0.15, -0.1) is 10.2 Å². The quantitative estimate of drug-likeness (QED) is 0.371. The SMILES string of the molecule is COc1cc(-c2nnc(SCC(=O)Nc3ccc4c(c3)OCCO4)n2N)cc(OC)c1OC. The third-order valence-electron chi connectivity index (χ3n) is 4.75. The molecule has 1 amide bonds. The molecule has 0 unspecified atom stereocenters. The summed E-state index contributed by atoms with van der Waals surface area (Å²) in [5, 5.41) is 11.5. The molecule has 1 aromatic heterocycles. The number of carbonyl (C=O) groups excluding carboxylic acids is 1. The van der Waals surface area contributed by atoms with Crippen LogP contribution in [0.2, 0.25) is 0 Å². The van der Waals surface area contributed by atoms with E-state index in [9.17, 15) is 4.79 Å². The van der Waals surface area contributed by atoms with E-state index in [-0.39, 0.29) is 11.7 Å². The van der Waals surface area contributed by atoms with Crippen molar-refractivity contribution in [3.8, 4) is 40.1 Å². The van der Waals surface area contributed by atoms with Crippen molar-refractivity contribution in [1.82, 2.24) is 14.9 Å². The number of hydrogen-bond donors (Lipinski definition) is 2. The fraction of sp³-hybridized carbons (Fsp3) is 0.286. The van der Waals surface area contributed by atoms with Crippen molar-refractivity contribution in [2.45, 2.75) is 5.16 Å². The Hall–Kier alpha value is -3.80. The van der Waals surface area contributed by atoms with Crippen LogP contribution in [0.4, 0.5) is 5.69 Å². The van der Waals surface area contributed by atoms with Gasteiger partial charge in [-0.1, -0.05) is 11.8 Å². The van der Waals surface area contributed by atoms with Gasteiger partial charge in [0.1, 0.15) is 13.2 Å². The molecule has 0 aliphatic carbocycles. The highest BCUT2D eigenvalue weighted by Gasteiger charge is 2.19. The number of amides is 1. The van der Waals surface area contributed by atoms with Gasteiger partial charge in [0.15, 0.2) is 28.8 Å². The van der Waals surface area contributed by atoms with Gasteiger partial charge in [-0.3, -0.25) is 4.79 Å². The van der Waals surface area contributed by atoms with Crippen LogP contribution in [-0.2, 0) is 4.79 Å². The molecule has 2 heterocycles. The monoisotopic (exact) mass is 473 g/mol. The Morgan fingerprint density at radius 1 is 1.06 bits per heavy atom. The van der Waals surface area contributed by atoms with Crippen LogP contribution in [0.3, 0.4) is 0 Å². The summed E-state index contributed by atoms with van der Waals surface area (Å²) in [7, 11) is 4.57. The molecular formula is C21H23N5O6S. The van der Waals surface area contributed by atoms with Crippen LogP contribution in [0.1, 0.15) is 0 Å². The normalized spacial score (nSPS) is 12.2. The molecule has 12 heteroatoms. The van der Waals surface area contributed by atoms with E-state index in [1.807, 2.05) is 0 Å². The number of rotatable bonds is 8. The Morgan fingerprint density at radius 3 is 2.42 bits per heavy atom. The molecule has 1 aliphatic heterocycles. The molecular weight excluding hydrogens is 450 g/mol. The number of methoxy groups -OCH3 is 3. The summed E-state index contributed by atoms with van der Waals surface area (Å²) >= 11 is 1.16. The van der Waals surface area contributed by atoms with Crippen LogP contribution in [0, 0.1) is 0 Å². The number of nitrogens with zero attached hydrogens (tertiary/aromatic N) is 3. The summed E-state index contributed by atoms with van der Waals surface area (Å²) in [6.07, 6.45) is 0. The van der Waals surface area contributed by atoms with Gasteiger partial charge >= 0.3 is 0 Å². The number of thioether (sulfide) groups is 1. The number of aromatic nitrogens is 3. The first-order chi connectivity index (χ1) is 16.0. The van der Waals surface area contributed by atoms with E-state index in [2.05, 4.69) is 15.5 Å². The standard InChI is InChI=1S/C21H23N5O6S/c1-28-16-8-12(9-17(29-2)19(16)30-3)20-24-25-21(26(20)22)33-11-18(27)23-13-4-5-14-15(10-13)32-7-6-31-14/h4-5,8-10H,6-7,11,22H2,1-3H3,(H,23,27). The first-order valence-electron chi connectivity index (χ1n) is 9.87. The van der Waals surface area contributed by atoms with Crippen molar-refractivity contribution in [2.75, 3.05) is 51.5 Å². The molecule has 174 valence electrons. The van der Waals surface area contributed by atoms with E-state index in [0.717, 1.165) is 11.8 Å². The average Bonchev–Trinajstić information content (AvgIpc) is 3.21. The molecule has 4 rings (SSSR count). The second kappa shape index (κ2) is 9.77. The van der Waals surface area contributed by atoms with Crippen LogP contribution < -0.4 is 34.8 Å². The molecule has 0 spiro atoms. The summed E-state index contributed by atoms with van der Waals surface area (Å²) in [5.74, 6) is 9.07. The molecule has 0 bridgehead atoms.